The Morgan fingerprint density at radius 1 is 0.889 bits per heavy atom. The molecule has 0 saturated carbocycles. The van der Waals surface area contributed by atoms with Crippen molar-refractivity contribution < 1.29 is 28.8 Å². The smallest absolute Gasteiger partial charge is 0.204 e. The van der Waals surface area contributed by atoms with Gasteiger partial charge in [-0.2, -0.15) is 0 Å². The quantitative estimate of drug-likeness (QED) is 0.242. The molecule has 4 aliphatic heterocycles. The molecular weight excluding hydrogens is 568 g/mol. The van der Waals surface area contributed by atoms with Gasteiger partial charge in [-0.3, -0.25) is 9.80 Å². The molecule has 0 saturated heterocycles. The van der Waals surface area contributed by atoms with Gasteiger partial charge in [-0.05, 0) is 104 Å². The Bertz CT molecular complexity index is 1640. The third-order valence-corrected chi connectivity index (χ3v) is 9.23. The van der Waals surface area contributed by atoms with Crippen LogP contribution in [-0.4, -0.2) is 63.4 Å². The fourth-order valence-electron chi connectivity index (χ4n) is 6.73. The topological polar surface area (TPSA) is 72.9 Å². The molecule has 3 aromatic carbocycles. The Kier molecular flexibility index (Phi) is 8.79. The first kappa shape index (κ1) is 30.6. The van der Waals surface area contributed by atoms with Gasteiger partial charge in [0.25, 0.3) is 0 Å². The molecule has 0 radical (unpaired) electrons. The van der Waals surface area contributed by atoms with E-state index in [0.717, 1.165) is 54.8 Å². The number of aliphatic hydroxyl groups excluding tert-OH is 1. The number of aliphatic hydroxyl groups is 1. The second-order valence-corrected chi connectivity index (χ2v) is 12.0. The Balaban J connectivity index is 1.59. The standard InChI is InChI=1S/C37H42N2O6/c1-23(40)7-8-25-18-30-29-21-33(32(41-4)19-26(29)13-15-38(30)2)45-37-35-27(20-34(42-5)36(37)43-6)14-16-39(3)31(35)17-24-9-11-28(12-10-24)44-22-25/h7-12,19-22,30-31,40H,1,13-18H2,2-6H3/b8-7-,25-22+/t30-,31+/m1/s1. The number of rotatable bonds is 5. The van der Waals surface area contributed by atoms with Gasteiger partial charge < -0.3 is 28.8 Å². The van der Waals surface area contributed by atoms with Gasteiger partial charge in [0, 0.05) is 30.7 Å². The number of likely N-dealkylation sites (N-methyl/N-ethyl adjacent to an activating group) is 2. The molecule has 4 aliphatic rings. The van der Waals surface area contributed by atoms with Crippen LogP contribution < -0.4 is 23.7 Å². The number of benzene rings is 3. The van der Waals surface area contributed by atoms with Gasteiger partial charge >= 0.3 is 0 Å². The van der Waals surface area contributed by atoms with Crippen molar-refractivity contribution in [2.24, 2.45) is 0 Å². The van der Waals surface area contributed by atoms with Crippen LogP contribution in [0.4, 0.5) is 0 Å². The largest absolute Gasteiger partial charge is 0.509 e. The summed E-state index contributed by atoms with van der Waals surface area (Å²) in [6, 6.07) is 14.6. The summed E-state index contributed by atoms with van der Waals surface area (Å²) < 4.78 is 30.9. The molecular formula is C37H42N2O6. The van der Waals surface area contributed by atoms with Gasteiger partial charge in [-0.25, -0.2) is 0 Å². The summed E-state index contributed by atoms with van der Waals surface area (Å²) >= 11 is 0. The first-order valence-corrected chi connectivity index (χ1v) is 15.4. The Hall–Kier alpha value is -4.40. The summed E-state index contributed by atoms with van der Waals surface area (Å²) in [4.78, 5) is 4.72. The fourth-order valence-corrected chi connectivity index (χ4v) is 6.73. The zero-order chi connectivity index (χ0) is 31.7. The molecule has 0 amide bonds. The Morgan fingerprint density at radius 3 is 2.27 bits per heavy atom. The van der Waals surface area contributed by atoms with E-state index < -0.39 is 0 Å². The number of methoxy groups -OCH3 is 3. The highest BCUT2D eigenvalue weighted by atomic mass is 16.5. The molecule has 8 nitrogen and oxygen atoms in total. The summed E-state index contributed by atoms with van der Waals surface area (Å²) in [5.74, 6) is 3.87. The van der Waals surface area contributed by atoms with Gasteiger partial charge in [0.1, 0.15) is 11.5 Å². The maximum Gasteiger partial charge on any atom is 0.204 e. The summed E-state index contributed by atoms with van der Waals surface area (Å²) in [6.45, 7) is 5.43. The highest BCUT2D eigenvalue weighted by Crippen LogP contribution is 2.51. The van der Waals surface area contributed by atoms with Gasteiger partial charge in [0.05, 0.1) is 27.6 Å². The minimum absolute atomic E-state index is 0.0132. The number of fused-ring (bicyclic) bond motifs is 4. The normalized spacial score (nSPS) is 21.1. The first-order chi connectivity index (χ1) is 21.8. The lowest BCUT2D eigenvalue weighted by molar-refractivity contribution is 0.220. The van der Waals surface area contributed by atoms with Crippen LogP contribution in [0.25, 0.3) is 0 Å². The zero-order valence-electron chi connectivity index (χ0n) is 26.8. The van der Waals surface area contributed by atoms with E-state index in [9.17, 15) is 5.11 Å². The number of hydrogen-bond donors (Lipinski definition) is 1. The average molecular weight is 611 g/mol. The van der Waals surface area contributed by atoms with Crippen LogP contribution in [0, 0.1) is 0 Å². The molecule has 0 fully saturated rings. The summed E-state index contributed by atoms with van der Waals surface area (Å²) in [6.07, 6.45) is 8.38. The molecule has 0 aliphatic carbocycles. The third kappa shape index (κ3) is 6.13. The Labute approximate surface area is 265 Å². The van der Waals surface area contributed by atoms with Crippen molar-refractivity contribution in [2.75, 3.05) is 48.5 Å². The van der Waals surface area contributed by atoms with Crippen LogP contribution in [0.5, 0.6) is 34.5 Å². The van der Waals surface area contributed by atoms with Crippen LogP contribution in [-0.2, 0) is 19.3 Å². The van der Waals surface area contributed by atoms with E-state index in [-0.39, 0.29) is 17.8 Å². The molecule has 0 aromatic heterocycles. The van der Waals surface area contributed by atoms with Crippen LogP contribution in [0.15, 0.2) is 78.8 Å². The van der Waals surface area contributed by atoms with E-state index in [4.69, 9.17) is 23.7 Å². The lowest BCUT2D eigenvalue weighted by Gasteiger charge is -2.37. The van der Waals surface area contributed by atoms with Gasteiger partial charge in [0.15, 0.2) is 23.0 Å². The summed E-state index contributed by atoms with van der Waals surface area (Å²) in [5.41, 5.74) is 6.73. The van der Waals surface area contributed by atoms with Crippen LogP contribution in [0.1, 0.15) is 46.3 Å². The van der Waals surface area contributed by atoms with Crippen molar-refractivity contribution in [3.8, 4) is 34.5 Å². The molecule has 236 valence electrons. The van der Waals surface area contributed by atoms with Gasteiger partial charge in [-0.1, -0.05) is 24.8 Å². The SMILES string of the molecule is C=C(O)/C=C\C1=C/Oc2ccc(cc2)C[C@H]2c3c(cc(OC)c(OC)c3Oc3cc4c(cc3OC)CCN(C)[C@@H]4C1)CCN2C. The van der Waals surface area contributed by atoms with Crippen molar-refractivity contribution in [1.29, 1.82) is 0 Å². The Morgan fingerprint density at radius 2 is 1.58 bits per heavy atom. The zero-order valence-corrected chi connectivity index (χ0v) is 26.8. The number of ether oxygens (including phenoxy) is 5. The molecule has 45 heavy (non-hydrogen) atoms. The van der Waals surface area contributed by atoms with Crippen molar-refractivity contribution in [3.63, 3.8) is 0 Å². The minimum Gasteiger partial charge on any atom is -0.509 e. The number of hydrogen-bond acceptors (Lipinski definition) is 8. The first-order valence-electron chi connectivity index (χ1n) is 15.4. The highest BCUT2D eigenvalue weighted by Gasteiger charge is 2.34. The highest BCUT2D eigenvalue weighted by molar-refractivity contribution is 5.63. The molecule has 7 rings (SSSR count). The van der Waals surface area contributed by atoms with Crippen LogP contribution >= 0.6 is 0 Å². The molecule has 8 heteroatoms. The van der Waals surface area contributed by atoms with E-state index in [1.807, 2.05) is 18.2 Å². The maximum atomic E-state index is 9.85. The summed E-state index contributed by atoms with van der Waals surface area (Å²) in [5, 5.41) is 9.85. The lowest BCUT2D eigenvalue weighted by Crippen LogP contribution is -2.34. The average Bonchev–Trinajstić information content (AvgIpc) is 3.04. The predicted octanol–water partition coefficient (Wildman–Crippen LogP) is 7.10. The van der Waals surface area contributed by atoms with Gasteiger partial charge in [0.2, 0.25) is 5.75 Å². The van der Waals surface area contributed by atoms with E-state index in [1.165, 1.54) is 16.7 Å². The minimum atomic E-state index is -0.0132. The van der Waals surface area contributed by atoms with Crippen LogP contribution in [0.3, 0.4) is 0 Å². The molecule has 4 bridgehead atoms. The van der Waals surface area contributed by atoms with Crippen molar-refractivity contribution in [2.45, 2.75) is 37.8 Å². The van der Waals surface area contributed by atoms with E-state index in [1.54, 1.807) is 33.7 Å². The molecule has 0 unspecified atom stereocenters. The molecule has 1 N–H and O–H groups in total. The lowest BCUT2D eigenvalue weighted by atomic mass is 9.87. The predicted molar refractivity (Wildman–Crippen MR) is 175 cm³/mol. The number of allylic oxidation sites excluding steroid dienone is 2. The van der Waals surface area contributed by atoms with Gasteiger partial charge in [-0.15, -0.1) is 0 Å². The summed E-state index contributed by atoms with van der Waals surface area (Å²) in [7, 11) is 9.30. The van der Waals surface area contributed by atoms with Crippen molar-refractivity contribution in [3.05, 3.63) is 107 Å². The monoisotopic (exact) mass is 610 g/mol. The second-order valence-electron chi connectivity index (χ2n) is 12.0. The fraction of sp³-hybridized carbons (Fsp3) is 0.351. The molecule has 3 aromatic rings. The third-order valence-electron chi connectivity index (χ3n) is 9.23. The molecule has 0 spiro atoms. The number of nitrogens with zero attached hydrogens (tertiary/aromatic N) is 2. The maximum absolute atomic E-state index is 9.85. The molecule has 4 heterocycles. The van der Waals surface area contributed by atoms with E-state index >= 15 is 0 Å². The van der Waals surface area contributed by atoms with E-state index in [0.29, 0.717) is 35.2 Å². The van der Waals surface area contributed by atoms with Crippen molar-refractivity contribution in [1.82, 2.24) is 9.80 Å². The molecule has 2 atom stereocenters. The van der Waals surface area contributed by atoms with Crippen molar-refractivity contribution >= 4 is 0 Å². The second kappa shape index (κ2) is 12.9. The van der Waals surface area contributed by atoms with E-state index in [2.05, 4.69) is 60.8 Å². The van der Waals surface area contributed by atoms with Crippen LogP contribution in [0.2, 0.25) is 0 Å².